The summed E-state index contributed by atoms with van der Waals surface area (Å²) in [7, 11) is 1.58. The molecule has 0 aromatic heterocycles. The van der Waals surface area contributed by atoms with E-state index in [0.29, 0.717) is 5.56 Å². The Morgan fingerprint density at radius 3 is 2.03 bits per heavy atom. The molecule has 5 heteroatoms. The number of ketones is 1. The van der Waals surface area contributed by atoms with Crippen molar-refractivity contribution in [1.29, 1.82) is 0 Å². The number of hydrogen-bond donors (Lipinski definition) is 1. The zero-order valence-electron chi connectivity index (χ0n) is 18.2. The highest BCUT2D eigenvalue weighted by atomic mass is 16.2. The lowest BCUT2D eigenvalue weighted by Crippen LogP contribution is -2.35. The predicted octanol–water partition coefficient (Wildman–Crippen LogP) is 4.29. The monoisotopic (exact) mass is 394 g/mol. The van der Waals surface area contributed by atoms with Crippen LogP contribution in [0.25, 0.3) is 0 Å². The molecule has 0 heterocycles. The fourth-order valence-electron chi connectivity index (χ4n) is 3.33. The summed E-state index contributed by atoms with van der Waals surface area (Å²) in [6.45, 7) is 9.81. The number of nitrogens with one attached hydrogen (secondary N) is 1. The number of anilines is 1. The molecule has 29 heavy (non-hydrogen) atoms. The Morgan fingerprint density at radius 1 is 0.828 bits per heavy atom. The minimum absolute atomic E-state index is 0.0522. The van der Waals surface area contributed by atoms with Crippen molar-refractivity contribution in [3.63, 3.8) is 0 Å². The van der Waals surface area contributed by atoms with E-state index in [1.54, 1.807) is 13.1 Å². The molecular weight excluding hydrogens is 364 g/mol. The smallest absolute Gasteiger partial charge is 0.243 e. The van der Waals surface area contributed by atoms with Crippen LogP contribution in [0.1, 0.15) is 51.0 Å². The van der Waals surface area contributed by atoms with E-state index in [4.69, 9.17) is 0 Å². The summed E-state index contributed by atoms with van der Waals surface area (Å²) in [5.41, 5.74) is 6.70. The SMILES string of the molecule is Cc1cc(C)c(NC(=O)CN(C)C(=O)CCC(=O)c2ccc(C)c(C)c2)c(C)c1. The summed E-state index contributed by atoms with van der Waals surface area (Å²) in [6.07, 6.45) is 0.210. The van der Waals surface area contributed by atoms with E-state index in [2.05, 4.69) is 5.32 Å². The molecule has 0 unspecified atom stereocenters. The molecule has 0 bridgehead atoms. The van der Waals surface area contributed by atoms with E-state index in [1.165, 1.54) is 4.90 Å². The van der Waals surface area contributed by atoms with Crippen molar-refractivity contribution < 1.29 is 14.4 Å². The van der Waals surface area contributed by atoms with Crippen molar-refractivity contribution in [2.75, 3.05) is 18.9 Å². The summed E-state index contributed by atoms with van der Waals surface area (Å²) >= 11 is 0. The minimum atomic E-state index is -0.253. The van der Waals surface area contributed by atoms with Crippen LogP contribution in [-0.2, 0) is 9.59 Å². The highest BCUT2D eigenvalue weighted by Crippen LogP contribution is 2.21. The first-order valence-electron chi connectivity index (χ1n) is 9.80. The molecule has 2 aromatic carbocycles. The topological polar surface area (TPSA) is 66.5 Å². The quantitative estimate of drug-likeness (QED) is 0.713. The van der Waals surface area contributed by atoms with Crippen LogP contribution in [0.2, 0.25) is 0 Å². The second-order valence-electron chi connectivity index (χ2n) is 7.79. The van der Waals surface area contributed by atoms with Crippen LogP contribution >= 0.6 is 0 Å². The zero-order valence-corrected chi connectivity index (χ0v) is 18.2. The Bertz CT molecular complexity index is 924. The Kier molecular flexibility index (Phi) is 7.32. The van der Waals surface area contributed by atoms with Gasteiger partial charge in [-0.3, -0.25) is 14.4 Å². The van der Waals surface area contributed by atoms with Gasteiger partial charge in [-0.25, -0.2) is 0 Å². The van der Waals surface area contributed by atoms with Crippen molar-refractivity contribution >= 4 is 23.3 Å². The van der Waals surface area contributed by atoms with E-state index in [0.717, 1.165) is 33.5 Å². The number of Topliss-reactive ketones (excluding diaryl/α,β-unsaturated/α-hetero) is 1. The Labute approximate surface area is 173 Å². The molecule has 0 radical (unpaired) electrons. The van der Waals surface area contributed by atoms with Crippen molar-refractivity contribution in [3.05, 3.63) is 63.7 Å². The second kappa shape index (κ2) is 9.50. The Balaban J connectivity index is 1.89. The van der Waals surface area contributed by atoms with Gasteiger partial charge in [0.15, 0.2) is 5.78 Å². The van der Waals surface area contributed by atoms with Gasteiger partial charge in [0.05, 0.1) is 6.54 Å². The first kappa shape index (κ1) is 22.3. The molecule has 0 fully saturated rings. The van der Waals surface area contributed by atoms with E-state index < -0.39 is 0 Å². The number of likely N-dealkylation sites (N-methyl/N-ethyl adjacent to an activating group) is 1. The van der Waals surface area contributed by atoms with Gasteiger partial charge in [-0.1, -0.05) is 29.8 Å². The first-order chi connectivity index (χ1) is 13.6. The van der Waals surface area contributed by atoms with Gasteiger partial charge in [-0.2, -0.15) is 0 Å². The van der Waals surface area contributed by atoms with Crippen molar-refractivity contribution in [2.45, 2.75) is 47.5 Å². The average molecular weight is 395 g/mol. The van der Waals surface area contributed by atoms with Crippen LogP contribution in [0.3, 0.4) is 0 Å². The molecule has 2 amide bonds. The van der Waals surface area contributed by atoms with Crippen LogP contribution < -0.4 is 5.32 Å². The minimum Gasteiger partial charge on any atom is -0.336 e. The Morgan fingerprint density at radius 2 is 1.45 bits per heavy atom. The third kappa shape index (κ3) is 6.01. The summed E-state index contributed by atoms with van der Waals surface area (Å²) in [6, 6.07) is 9.58. The van der Waals surface area contributed by atoms with Crippen LogP contribution in [0, 0.1) is 34.6 Å². The average Bonchev–Trinajstić information content (AvgIpc) is 2.64. The molecule has 154 valence electrons. The second-order valence-corrected chi connectivity index (χ2v) is 7.79. The van der Waals surface area contributed by atoms with Crippen molar-refractivity contribution in [1.82, 2.24) is 4.90 Å². The summed E-state index contributed by atoms with van der Waals surface area (Å²) in [5, 5.41) is 2.89. The molecule has 2 aromatic rings. The number of carbonyl (C=O) groups excluding carboxylic acids is 3. The van der Waals surface area contributed by atoms with Gasteiger partial charge in [-0.05, 0) is 62.9 Å². The number of benzene rings is 2. The fourth-order valence-corrected chi connectivity index (χ4v) is 3.33. The number of rotatable bonds is 7. The van der Waals surface area contributed by atoms with E-state index in [-0.39, 0.29) is 37.0 Å². The molecule has 0 saturated carbocycles. The maximum absolute atomic E-state index is 12.4. The molecular formula is C24H30N2O3. The lowest BCUT2D eigenvalue weighted by Gasteiger charge is -2.18. The van der Waals surface area contributed by atoms with Gasteiger partial charge in [0.2, 0.25) is 11.8 Å². The largest absolute Gasteiger partial charge is 0.336 e. The normalized spacial score (nSPS) is 10.6. The lowest BCUT2D eigenvalue weighted by molar-refractivity contribution is -0.133. The fraction of sp³-hybridized carbons (Fsp3) is 0.375. The molecule has 0 aliphatic carbocycles. The molecule has 0 saturated heterocycles. The van der Waals surface area contributed by atoms with Gasteiger partial charge in [0, 0.05) is 31.1 Å². The molecule has 1 N–H and O–H groups in total. The zero-order chi connectivity index (χ0) is 21.7. The predicted molar refractivity (Wildman–Crippen MR) is 116 cm³/mol. The summed E-state index contributed by atoms with van der Waals surface area (Å²) < 4.78 is 0. The van der Waals surface area contributed by atoms with Gasteiger partial charge in [0.1, 0.15) is 0 Å². The number of amides is 2. The molecule has 0 aliphatic rings. The van der Waals surface area contributed by atoms with Gasteiger partial charge < -0.3 is 10.2 Å². The molecule has 5 nitrogen and oxygen atoms in total. The van der Waals surface area contributed by atoms with Crippen LogP contribution in [0.5, 0.6) is 0 Å². The van der Waals surface area contributed by atoms with E-state index in [1.807, 2.05) is 58.9 Å². The standard InChI is InChI=1S/C24H30N2O3/c1-15-11-18(4)24(19(5)12-15)25-22(28)14-26(6)23(29)10-9-21(27)20-8-7-16(2)17(3)13-20/h7-8,11-13H,9-10,14H2,1-6H3,(H,25,28). The molecule has 0 atom stereocenters. The summed E-state index contributed by atoms with van der Waals surface area (Å²) in [5.74, 6) is -0.545. The van der Waals surface area contributed by atoms with Crippen LogP contribution in [0.15, 0.2) is 30.3 Å². The third-order valence-electron chi connectivity index (χ3n) is 5.14. The maximum Gasteiger partial charge on any atom is 0.243 e. The maximum atomic E-state index is 12.4. The van der Waals surface area contributed by atoms with Crippen molar-refractivity contribution in [3.8, 4) is 0 Å². The highest BCUT2D eigenvalue weighted by molar-refractivity contribution is 5.99. The Hall–Kier alpha value is -2.95. The van der Waals surface area contributed by atoms with Crippen LogP contribution in [0.4, 0.5) is 5.69 Å². The molecule has 0 aliphatic heterocycles. The highest BCUT2D eigenvalue weighted by Gasteiger charge is 2.16. The summed E-state index contributed by atoms with van der Waals surface area (Å²) in [4.78, 5) is 38.4. The molecule has 0 spiro atoms. The molecule has 2 rings (SSSR count). The van der Waals surface area contributed by atoms with Crippen LogP contribution in [-0.4, -0.2) is 36.1 Å². The van der Waals surface area contributed by atoms with Gasteiger partial charge in [-0.15, -0.1) is 0 Å². The van der Waals surface area contributed by atoms with Gasteiger partial charge >= 0.3 is 0 Å². The third-order valence-corrected chi connectivity index (χ3v) is 5.14. The van der Waals surface area contributed by atoms with E-state index in [9.17, 15) is 14.4 Å². The number of hydrogen-bond acceptors (Lipinski definition) is 3. The van der Waals surface area contributed by atoms with Gasteiger partial charge in [0.25, 0.3) is 0 Å². The first-order valence-corrected chi connectivity index (χ1v) is 9.80. The number of aryl methyl sites for hydroxylation is 5. The van der Waals surface area contributed by atoms with E-state index >= 15 is 0 Å². The lowest BCUT2D eigenvalue weighted by atomic mass is 10.0. The number of carbonyl (C=O) groups is 3. The number of nitrogens with zero attached hydrogens (tertiary/aromatic N) is 1. The van der Waals surface area contributed by atoms with Crippen molar-refractivity contribution in [2.24, 2.45) is 0 Å².